The van der Waals surface area contributed by atoms with E-state index in [1.165, 1.54) is 0 Å². The van der Waals surface area contributed by atoms with Gasteiger partial charge < -0.3 is 0 Å². The zero-order chi connectivity index (χ0) is 9.97. The molecule has 0 spiro atoms. The molecule has 3 heteroatoms. The molecule has 2 rings (SSSR count). The lowest BCUT2D eigenvalue weighted by atomic mass is 9.84. The SMILES string of the molecule is O=C1CCCCC1c1cccnc1Cl. The van der Waals surface area contributed by atoms with Gasteiger partial charge in [0.05, 0.1) is 0 Å². The maximum atomic E-state index is 11.7. The number of hydrogen-bond acceptors (Lipinski definition) is 2. The fraction of sp³-hybridized carbons (Fsp3) is 0.455. The van der Waals surface area contributed by atoms with Crippen LogP contribution in [0, 0.1) is 0 Å². The van der Waals surface area contributed by atoms with Crippen LogP contribution in [0.15, 0.2) is 18.3 Å². The van der Waals surface area contributed by atoms with E-state index in [-0.39, 0.29) is 5.92 Å². The van der Waals surface area contributed by atoms with Crippen LogP contribution in [0.5, 0.6) is 0 Å². The van der Waals surface area contributed by atoms with Gasteiger partial charge in [0, 0.05) is 18.5 Å². The van der Waals surface area contributed by atoms with Crippen molar-refractivity contribution in [3.05, 3.63) is 29.0 Å². The summed E-state index contributed by atoms with van der Waals surface area (Å²) in [6.45, 7) is 0. The molecule has 0 amide bonds. The van der Waals surface area contributed by atoms with Crippen molar-refractivity contribution in [3.8, 4) is 0 Å². The van der Waals surface area contributed by atoms with Gasteiger partial charge in [-0.25, -0.2) is 4.98 Å². The van der Waals surface area contributed by atoms with Gasteiger partial charge >= 0.3 is 0 Å². The third kappa shape index (κ3) is 1.80. The molecule has 1 aromatic heterocycles. The Labute approximate surface area is 88.3 Å². The molecule has 2 nitrogen and oxygen atoms in total. The average molecular weight is 210 g/mol. The van der Waals surface area contributed by atoms with Gasteiger partial charge in [-0.05, 0) is 24.5 Å². The largest absolute Gasteiger partial charge is 0.299 e. The summed E-state index contributed by atoms with van der Waals surface area (Å²) >= 11 is 5.96. The van der Waals surface area contributed by atoms with Crippen molar-refractivity contribution in [2.75, 3.05) is 0 Å². The number of pyridine rings is 1. The lowest BCUT2D eigenvalue weighted by Gasteiger charge is -2.20. The summed E-state index contributed by atoms with van der Waals surface area (Å²) < 4.78 is 0. The van der Waals surface area contributed by atoms with Crippen LogP contribution in [-0.4, -0.2) is 10.8 Å². The number of nitrogens with zero attached hydrogens (tertiary/aromatic N) is 1. The van der Waals surface area contributed by atoms with E-state index in [0.717, 1.165) is 24.8 Å². The first-order valence-corrected chi connectivity index (χ1v) is 5.30. The molecular weight excluding hydrogens is 198 g/mol. The smallest absolute Gasteiger partial charge is 0.140 e. The molecule has 0 bridgehead atoms. The summed E-state index contributed by atoms with van der Waals surface area (Å²) in [5.74, 6) is 0.302. The molecule has 14 heavy (non-hydrogen) atoms. The summed E-state index contributed by atoms with van der Waals surface area (Å²) in [5.41, 5.74) is 0.902. The minimum atomic E-state index is -0.00931. The predicted molar refractivity (Wildman–Crippen MR) is 55.5 cm³/mol. The summed E-state index contributed by atoms with van der Waals surface area (Å²) in [5, 5.41) is 0.479. The highest BCUT2D eigenvalue weighted by atomic mass is 35.5. The van der Waals surface area contributed by atoms with E-state index in [1.807, 2.05) is 12.1 Å². The number of hydrogen-bond donors (Lipinski definition) is 0. The number of carbonyl (C=O) groups is 1. The highest BCUT2D eigenvalue weighted by Gasteiger charge is 2.25. The Morgan fingerprint density at radius 1 is 1.43 bits per heavy atom. The van der Waals surface area contributed by atoms with Gasteiger partial charge in [-0.3, -0.25) is 4.79 Å². The molecule has 1 aromatic rings. The summed E-state index contributed by atoms with van der Waals surface area (Å²) in [6.07, 6.45) is 5.40. The Morgan fingerprint density at radius 2 is 2.29 bits per heavy atom. The third-order valence-corrected chi connectivity index (χ3v) is 3.03. The molecule has 0 radical (unpaired) electrons. The highest BCUT2D eigenvalue weighted by Crippen LogP contribution is 2.32. The molecule has 1 aliphatic carbocycles. The van der Waals surface area contributed by atoms with Crippen molar-refractivity contribution in [2.24, 2.45) is 0 Å². The van der Waals surface area contributed by atoms with Crippen molar-refractivity contribution in [3.63, 3.8) is 0 Å². The number of Topliss-reactive ketones (excluding diaryl/α,β-unsaturated/α-hetero) is 1. The van der Waals surface area contributed by atoms with Crippen molar-refractivity contribution in [2.45, 2.75) is 31.6 Å². The fourth-order valence-corrected chi connectivity index (χ4v) is 2.22. The van der Waals surface area contributed by atoms with Gasteiger partial charge in [0.15, 0.2) is 0 Å². The molecule has 74 valence electrons. The van der Waals surface area contributed by atoms with Crippen molar-refractivity contribution >= 4 is 17.4 Å². The maximum Gasteiger partial charge on any atom is 0.140 e. The lowest BCUT2D eigenvalue weighted by molar-refractivity contribution is -0.121. The quantitative estimate of drug-likeness (QED) is 0.666. The molecule has 0 aliphatic heterocycles. The van der Waals surface area contributed by atoms with Crippen molar-refractivity contribution < 1.29 is 4.79 Å². The Morgan fingerprint density at radius 3 is 3.00 bits per heavy atom. The number of rotatable bonds is 1. The molecular formula is C11H12ClNO. The number of carbonyl (C=O) groups excluding carboxylic acids is 1. The van der Waals surface area contributed by atoms with E-state index in [4.69, 9.17) is 11.6 Å². The van der Waals surface area contributed by atoms with E-state index >= 15 is 0 Å². The van der Waals surface area contributed by atoms with Crippen LogP contribution in [0.4, 0.5) is 0 Å². The Balaban J connectivity index is 2.29. The summed E-state index contributed by atoms with van der Waals surface area (Å²) in [7, 11) is 0. The number of aromatic nitrogens is 1. The van der Waals surface area contributed by atoms with Crippen molar-refractivity contribution in [1.29, 1.82) is 0 Å². The van der Waals surface area contributed by atoms with Crippen LogP contribution in [0.1, 0.15) is 37.2 Å². The van der Waals surface area contributed by atoms with E-state index in [0.29, 0.717) is 17.4 Å². The molecule has 1 aliphatic rings. The first kappa shape index (κ1) is 9.66. The number of ketones is 1. The van der Waals surface area contributed by atoms with Crippen LogP contribution in [-0.2, 0) is 4.79 Å². The number of halogens is 1. The maximum absolute atomic E-state index is 11.7. The topological polar surface area (TPSA) is 30.0 Å². The fourth-order valence-electron chi connectivity index (χ4n) is 1.97. The minimum Gasteiger partial charge on any atom is -0.299 e. The van der Waals surface area contributed by atoms with Crippen LogP contribution >= 0.6 is 11.6 Å². The van der Waals surface area contributed by atoms with Crippen LogP contribution in [0.25, 0.3) is 0 Å². The minimum absolute atomic E-state index is 0.00931. The molecule has 1 atom stereocenters. The van der Waals surface area contributed by atoms with Crippen LogP contribution < -0.4 is 0 Å². The molecule has 1 heterocycles. The zero-order valence-corrected chi connectivity index (χ0v) is 8.63. The molecule has 1 fully saturated rings. The van der Waals surface area contributed by atoms with Gasteiger partial charge in [-0.15, -0.1) is 0 Å². The second-order valence-electron chi connectivity index (χ2n) is 3.65. The molecule has 1 unspecified atom stereocenters. The highest BCUT2D eigenvalue weighted by molar-refractivity contribution is 6.30. The first-order valence-electron chi connectivity index (χ1n) is 4.92. The average Bonchev–Trinajstić information content (AvgIpc) is 2.20. The van der Waals surface area contributed by atoms with Gasteiger partial charge in [0.2, 0.25) is 0 Å². The summed E-state index contributed by atoms with van der Waals surface area (Å²) in [6, 6.07) is 3.74. The van der Waals surface area contributed by atoms with Crippen LogP contribution in [0.3, 0.4) is 0 Å². The summed E-state index contributed by atoms with van der Waals surface area (Å²) in [4.78, 5) is 15.7. The lowest BCUT2D eigenvalue weighted by Crippen LogP contribution is -2.17. The van der Waals surface area contributed by atoms with Crippen molar-refractivity contribution in [1.82, 2.24) is 4.98 Å². The molecule has 0 aromatic carbocycles. The van der Waals surface area contributed by atoms with Gasteiger partial charge in [0.25, 0.3) is 0 Å². The van der Waals surface area contributed by atoms with Gasteiger partial charge in [0.1, 0.15) is 10.9 Å². The molecule has 1 saturated carbocycles. The van der Waals surface area contributed by atoms with Gasteiger partial charge in [-0.1, -0.05) is 24.1 Å². The second-order valence-corrected chi connectivity index (χ2v) is 4.01. The Bertz CT molecular complexity index is 351. The van der Waals surface area contributed by atoms with Crippen LogP contribution in [0.2, 0.25) is 5.15 Å². The zero-order valence-electron chi connectivity index (χ0n) is 7.87. The van der Waals surface area contributed by atoms with Gasteiger partial charge in [-0.2, -0.15) is 0 Å². The molecule has 0 saturated heterocycles. The first-order chi connectivity index (χ1) is 6.79. The van der Waals surface area contributed by atoms with E-state index in [2.05, 4.69) is 4.98 Å². The normalized spacial score (nSPS) is 22.4. The molecule has 0 N–H and O–H groups in total. The Kier molecular flexibility index (Phi) is 2.82. The third-order valence-electron chi connectivity index (χ3n) is 2.72. The monoisotopic (exact) mass is 209 g/mol. The van der Waals surface area contributed by atoms with E-state index < -0.39 is 0 Å². The van der Waals surface area contributed by atoms with E-state index in [9.17, 15) is 4.79 Å². The second kappa shape index (κ2) is 4.09. The standard InChI is InChI=1S/C11H12ClNO/c12-11-9(5-3-7-13-11)8-4-1-2-6-10(8)14/h3,5,7-8H,1-2,4,6H2. The Hall–Kier alpha value is -0.890. The van der Waals surface area contributed by atoms with E-state index in [1.54, 1.807) is 6.20 Å². The predicted octanol–water partition coefficient (Wildman–Crippen LogP) is 2.96.